The Morgan fingerprint density at radius 3 is 2.50 bits per heavy atom. The quantitative estimate of drug-likeness (QED) is 0.582. The summed E-state index contributed by atoms with van der Waals surface area (Å²) in [5.74, 6) is 3.18. The molecule has 0 saturated carbocycles. The van der Waals surface area contributed by atoms with Gasteiger partial charge in [-0.15, -0.1) is 0 Å². The number of rotatable bonds is 10. The SMILES string of the molecule is CCCNC(C)(CO)CCSCCC(C)C. The Bertz CT molecular complexity index is 164. The number of aliphatic hydroxyl groups excluding tert-OH is 1. The molecule has 0 aromatic rings. The third-order valence-electron chi connectivity index (χ3n) is 2.79. The highest BCUT2D eigenvalue weighted by atomic mass is 32.2. The van der Waals surface area contributed by atoms with Gasteiger partial charge in [0.2, 0.25) is 0 Å². The Labute approximate surface area is 106 Å². The van der Waals surface area contributed by atoms with Gasteiger partial charge < -0.3 is 10.4 Å². The normalized spacial score (nSPS) is 15.4. The molecule has 2 N–H and O–H groups in total. The minimum absolute atomic E-state index is 0.0825. The van der Waals surface area contributed by atoms with E-state index in [1.165, 1.54) is 12.2 Å². The lowest BCUT2D eigenvalue weighted by Crippen LogP contribution is -2.46. The molecular weight excluding hydrogens is 218 g/mol. The van der Waals surface area contributed by atoms with E-state index in [9.17, 15) is 5.11 Å². The Morgan fingerprint density at radius 2 is 2.00 bits per heavy atom. The fraction of sp³-hybridized carbons (Fsp3) is 1.00. The molecule has 0 saturated heterocycles. The highest BCUT2D eigenvalue weighted by Gasteiger charge is 2.21. The maximum atomic E-state index is 9.38. The minimum Gasteiger partial charge on any atom is -0.394 e. The van der Waals surface area contributed by atoms with Crippen LogP contribution in [0.25, 0.3) is 0 Å². The van der Waals surface area contributed by atoms with E-state index >= 15 is 0 Å². The van der Waals surface area contributed by atoms with Gasteiger partial charge in [0.05, 0.1) is 6.61 Å². The van der Waals surface area contributed by atoms with E-state index < -0.39 is 0 Å². The number of hydrogen-bond acceptors (Lipinski definition) is 3. The number of aliphatic hydroxyl groups is 1. The van der Waals surface area contributed by atoms with Crippen molar-refractivity contribution in [1.82, 2.24) is 5.32 Å². The Hall–Kier alpha value is 0.270. The van der Waals surface area contributed by atoms with E-state index in [2.05, 4.69) is 33.0 Å². The van der Waals surface area contributed by atoms with Crippen LogP contribution in [0.4, 0.5) is 0 Å². The molecule has 0 spiro atoms. The van der Waals surface area contributed by atoms with E-state index in [4.69, 9.17) is 0 Å². The summed E-state index contributed by atoms with van der Waals surface area (Å²) in [6.45, 7) is 10.0. The third-order valence-corrected chi connectivity index (χ3v) is 3.81. The van der Waals surface area contributed by atoms with E-state index in [-0.39, 0.29) is 12.1 Å². The summed E-state index contributed by atoms with van der Waals surface area (Å²) in [4.78, 5) is 0. The summed E-state index contributed by atoms with van der Waals surface area (Å²) < 4.78 is 0. The van der Waals surface area contributed by atoms with Crippen LogP contribution in [-0.2, 0) is 0 Å². The van der Waals surface area contributed by atoms with Crippen LogP contribution >= 0.6 is 11.8 Å². The van der Waals surface area contributed by atoms with Crippen molar-refractivity contribution in [2.75, 3.05) is 24.7 Å². The predicted molar refractivity (Wildman–Crippen MR) is 75.2 cm³/mol. The molecule has 16 heavy (non-hydrogen) atoms. The highest BCUT2D eigenvalue weighted by Crippen LogP contribution is 2.16. The zero-order chi connectivity index (χ0) is 12.4. The molecular formula is C13H29NOS. The van der Waals surface area contributed by atoms with E-state index in [0.29, 0.717) is 0 Å². The fourth-order valence-corrected chi connectivity index (χ4v) is 2.81. The van der Waals surface area contributed by atoms with Crippen LogP contribution in [0.5, 0.6) is 0 Å². The van der Waals surface area contributed by atoms with Gasteiger partial charge in [-0.05, 0) is 50.2 Å². The lowest BCUT2D eigenvalue weighted by molar-refractivity contribution is 0.171. The number of hydrogen-bond donors (Lipinski definition) is 2. The first-order valence-electron chi connectivity index (χ1n) is 6.47. The van der Waals surface area contributed by atoms with Crippen LogP contribution in [0.1, 0.15) is 47.0 Å². The summed E-state index contributed by atoms with van der Waals surface area (Å²) in [6.07, 6.45) is 3.46. The van der Waals surface area contributed by atoms with Crippen LogP contribution in [0.15, 0.2) is 0 Å². The summed E-state index contributed by atoms with van der Waals surface area (Å²) >= 11 is 2.01. The first-order valence-corrected chi connectivity index (χ1v) is 7.63. The fourth-order valence-electron chi connectivity index (χ4n) is 1.37. The van der Waals surface area contributed by atoms with Crippen LogP contribution in [0, 0.1) is 5.92 Å². The van der Waals surface area contributed by atoms with E-state index in [0.717, 1.165) is 31.1 Å². The molecule has 0 aromatic heterocycles. The maximum absolute atomic E-state index is 9.38. The standard InChI is InChI=1S/C13H29NOS/c1-5-8-14-13(4,11-15)7-10-16-9-6-12(2)3/h12,14-15H,5-11H2,1-4H3. The van der Waals surface area contributed by atoms with E-state index in [1.807, 2.05) is 11.8 Å². The zero-order valence-electron chi connectivity index (χ0n) is 11.4. The van der Waals surface area contributed by atoms with Crippen molar-refractivity contribution in [3.8, 4) is 0 Å². The molecule has 98 valence electrons. The van der Waals surface area contributed by atoms with E-state index in [1.54, 1.807) is 0 Å². The number of thioether (sulfide) groups is 1. The van der Waals surface area contributed by atoms with Crippen LogP contribution in [-0.4, -0.2) is 35.3 Å². The third kappa shape index (κ3) is 8.43. The van der Waals surface area contributed by atoms with Crippen molar-refractivity contribution >= 4 is 11.8 Å². The molecule has 0 aliphatic rings. The van der Waals surface area contributed by atoms with Gasteiger partial charge in [-0.25, -0.2) is 0 Å². The maximum Gasteiger partial charge on any atom is 0.0610 e. The molecule has 1 atom stereocenters. The van der Waals surface area contributed by atoms with Crippen molar-refractivity contribution in [3.63, 3.8) is 0 Å². The van der Waals surface area contributed by atoms with Gasteiger partial charge in [-0.2, -0.15) is 11.8 Å². The monoisotopic (exact) mass is 247 g/mol. The van der Waals surface area contributed by atoms with Gasteiger partial charge >= 0.3 is 0 Å². The molecule has 3 heteroatoms. The predicted octanol–water partition coefficient (Wildman–Crippen LogP) is 2.91. The lowest BCUT2D eigenvalue weighted by Gasteiger charge is -2.28. The van der Waals surface area contributed by atoms with Crippen LogP contribution in [0.2, 0.25) is 0 Å². The first-order chi connectivity index (χ1) is 7.54. The van der Waals surface area contributed by atoms with Gasteiger partial charge in [0.25, 0.3) is 0 Å². The second kappa shape index (κ2) is 9.32. The second-order valence-corrected chi connectivity index (χ2v) is 6.42. The van der Waals surface area contributed by atoms with Crippen molar-refractivity contribution in [1.29, 1.82) is 0 Å². The van der Waals surface area contributed by atoms with Crippen molar-refractivity contribution < 1.29 is 5.11 Å². The molecule has 0 heterocycles. The average Bonchev–Trinajstić information content (AvgIpc) is 2.25. The highest BCUT2D eigenvalue weighted by molar-refractivity contribution is 7.99. The summed E-state index contributed by atoms with van der Waals surface area (Å²) in [7, 11) is 0. The van der Waals surface area contributed by atoms with Gasteiger partial charge in [-0.1, -0.05) is 20.8 Å². The second-order valence-electron chi connectivity index (χ2n) is 5.19. The van der Waals surface area contributed by atoms with Gasteiger partial charge in [-0.3, -0.25) is 0 Å². The first kappa shape index (κ1) is 16.3. The van der Waals surface area contributed by atoms with Gasteiger partial charge in [0.1, 0.15) is 0 Å². The molecule has 0 rings (SSSR count). The summed E-state index contributed by atoms with van der Waals surface area (Å²) in [5.41, 5.74) is -0.0825. The molecule has 1 unspecified atom stereocenters. The Balaban J connectivity index is 3.61. The van der Waals surface area contributed by atoms with Gasteiger partial charge in [0.15, 0.2) is 0 Å². The molecule has 0 aromatic carbocycles. The van der Waals surface area contributed by atoms with Crippen molar-refractivity contribution in [3.05, 3.63) is 0 Å². The lowest BCUT2D eigenvalue weighted by atomic mass is 10.0. The van der Waals surface area contributed by atoms with Crippen LogP contribution in [0.3, 0.4) is 0 Å². The molecule has 2 nitrogen and oxygen atoms in total. The van der Waals surface area contributed by atoms with Crippen LogP contribution < -0.4 is 5.32 Å². The van der Waals surface area contributed by atoms with Crippen molar-refractivity contribution in [2.24, 2.45) is 5.92 Å². The summed E-state index contributed by atoms with van der Waals surface area (Å²) in [6, 6.07) is 0. The zero-order valence-corrected chi connectivity index (χ0v) is 12.2. The van der Waals surface area contributed by atoms with Crippen molar-refractivity contribution in [2.45, 2.75) is 52.5 Å². The Morgan fingerprint density at radius 1 is 1.31 bits per heavy atom. The number of nitrogens with one attached hydrogen (secondary N) is 1. The molecule has 0 amide bonds. The Kier molecular flexibility index (Phi) is 9.47. The van der Waals surface area contributed by atoms with Gasteiger partial charge in [0, 0.05) is 5.54 Å². The molecule has 0 bridgehead atoms. The molecule has 0 radical (unpaired) electrons. The minimum atomic E-state index is -0.0825. The average molecular weight is 247 g/mol. The molecule has 0 fully saturated rings. The topological polar surface area (TPSA) is 32.3 Å². The largest absolute Gasteiger partial charge is 0.394 e. The smallest absolute Gasteiger partial charge is 0.0610 e. The molecule has 0 aliphatic heterocycles. The summed E-state index contributed by atoms with van der Waals surface area (Å²) in [5, 5.41) is 12.8. The molecule has 0 aliphatic carbocycles.